The fourth-order valence-electron chi connectivity index (χ4n) is 5.19. The van der Waals surface area contributed by atoms with E-state index < -0.39 is 0 Å². The molecule has 4 unspecified atom stereocenters. The molecule has 2 N–H and O–H groups in total. The number of guanidine groups is 1. The van der Waals surface area contributed by atoms with Gasteiger partial charge in [-0.15, -0.1) is 24.0 Å². The first-order chi connectivity index (χ1) is 15.1. The minimum absolute atomic E-state index is 0. The smallest absolute Gasteiger partial charge is 0.233 e. The van der Waals surface area contributed by atoms with Crippen LogP contribution in [0.15, 0.2) is 47.5 Å². The third kappa shape index (κ3) is 5.33. The summed E-state index contributed by atoms with van der Waals surface area (Å²) in [5.74, 6) is 1.17. The van der Waals surface area contributed by atoms with Gasteiger partial charge in [-0.25, -0.2) is 0 Å². The van der Waals surface area contributed by atoms with Crippen molar-refractivity contribution in [3.8, 4) is 0 Å². The summed E-state index contributed by atoms with van der Waals surface area (Å²) in [4.78, 5) is 33.5. The van der Waals surface area contributed by atoms with Crippen molar-refractivity contribution in [3.63, 3.8) is 0 Å². The third-order valence-electron chi connectivity index (χ3n) is 6.72. The molecule has 32 heavy (non-hydrogen) atoms. The molecule has 174 valence electrons. The molecule has 0 aromatic heterocycles. The number of likely N-dealkylation sites (tertiary alicyclic amines) is 1. The van der Waals surface area contributed by atoms with Gasteiger partial charge in [0.25, 0.3) is 0 Å². The largest absolute Gasteiger partial charge is 0.356 e. The second-order valence-corrected chi connectivity index (χ2v) is 8.83. The topological polar surface area (TPSA) is 77.0 Å². The highest BCUT2D eigenvalue weighted by Crippen LogP contribution is 2.52. The number of carbonyl (C=O) groups is 2. The molecular weight excluding hydrogens is 517 g/mol. The first-order valence-electron chi connectivity index (χ1n) is 11.3. The van der Waals surface area contributed by atoms with Crippen molar-refractivity contribution in [1.29, 1.82) is 0 Å². The zero-order chi connectivity index (χ0) is 21.8. The molecule has 1 aliphatic heterocycles. The van der Waals surface area contributed by atoms with E-state index in [1.807, 2.05) is 6.07 Å². The maximum Gasteiger partial charge on any atom is 0.233 e. The van der Waals surface area contributed by atoms with Gasteiger partial charge in [-0.2, -0.15) is 0 Å². The van der Waals surface area contributed by atoms with Gasteiger partial charge in [0.05, 0.1) is 11.8 Å². The lowest BCUT2D eigenvalue weighted by Crippen LogP contribution is -2.42. The molecule has 2 bridgehead atoms. The van der Waals surface area contributed by atoms with Crippen LogP contribution in [-0.4, -0.2) is 67.8 Å². The van der Waals surface area contributed by atoms with Crippen LogP contribution in [-0.2, 0) is 16.1 Å². The lowest BCUT2D eigenvalue weighted by atomic mass is 9.85. The maximum atomic E-state index is 12.7. The molecule has 1 saturated heterocycles. The quantitative estimate of drug-likeness (QED) is 0.123. The fraction of sp³-hybridized carbons (Fsp3) is 0.542. The summed E-state index contributed by atoms with van der Waals surface area (Å²) in [6, 6.07) is 10.4. The summed E-state index contributed by atoms with van der Waals surface area (Å²) >= 11 is 0. The monoisotopic (exact) mass is 551 g/mol. The molecule has 1 heterocycles. The van der Waals surface area contributed by atoms with Gasteiger partial charge in [0.15, 0.2) is 5.96 Å². The van der Waals surface area contributed by atoms with Crippen molar-refractivity contribution in [3.05, 3.63) is 48.0 Å². The number of likely N-dealkylation sites (N-methyl/N-ethyl adjacent to an activating group) is 1. The van der Waals surface area contributed by atoms with Gasteiger partial charge in [0.1, 0.15) is 0 Å². The van der Waals surface area contributed by atoms with Crippen molar-refractivity contribution in [2.45, 2.75) is 19.4 Å². The lowest BCUT2D eigenvalue weighted by Gasteiger charge is -2.19. The van der Waals surface area contributed by atoms with Gasteiger partial charge < -0.3 is 15.5 Å². The Morgan fingerprint density at radius 2 is 1.69 bits per heavy atom. The van der Waals surface area contributed by atoms with Crippen LogP contribution >= 0.6 is 24.0 Å². The third-order valence-corrected chi connectivity index (χ3v) is 6.72. The van der Waals surface area contributed by atoms with Gasteiger partial charge in [-0.1, -0.05) is 42.5 Å². The van der Waals surface area contributed by atoms with E-state index >= 15 is 0 Å². The molecule has 2 aliphatic carbocycles. The number of imide groups is 1. The Labute approximate surface area is 207 Å². The van der Waals surface area contributed by atoms with E-state index in [-0.39, 0.29) is 59.5 Å². The minimum atomic E-state index is -0.0993. The Kier molecular flexibility index (Phi) is 8.70. The number of rotatable bonds is 9. The number of hydrogen-bond donors (Lipinski definition) is 2. The molecule has 3 aliphatic rings. The molecule has 1 aromatic rings. The van der Waals surface area contributed by atoms with E-state index in [4.69, 9.17) is 0 Å². The first-order valence-corrected chi connectivity index (χ1v) is 11.3. The van der Waals surface area contributed by atoms with Crippen molar-refractivity contribution < 1.29 is 9.59 Å². The minimum Gasteiger partial charge on any atom is -0.356 e. The van der Waals surface area contributed by atoms with Crippen molar-refractivity contribution in [1.82, 2.24) is 20.4 Å². The summed E-state index contributed by atoms with van der Waals surface area (Å²) < 4.78 is 0. The highest BCUT2D eigenvalue weighted by atomic mass is 127. The number of aliphatic imine (C=N–C) groups is 1. The fourth-order valence-corrected chi connectivity index (χ4v) is 5.19. The highest BCUT2D eigenvalue weighted by molar-refractivity contribution is 14.0. The number of nitrogens with one attached hydrogen (secondary N) is 2. The van der Waals surface area contributed by atoms with Gasteiger partial charge in [0, 0.05) is 39.8 Å². The number of allylic oxidation sites excluding steroid dienone is 2. The Balaban J connectivity index is 0.00000289. The van der Waals surface area contributed by atoms with Crippen LogP contribution in [0.3, 0.4) is 0 Å². The molecule has 4 rings (SSSR count). The molecule has 7 nitrogen and oxygen atoms in total. The van der Waals surface area contributed by atoms with E-state index in [1.54, 1.807) is 7.05 Å². The Morgan fingerprint density at radius 3 is 2.31 bits per heavy atom. The summed E-state index contributed by atoms with van der Waals surface area (Å²) in [7, 11) is 3.85. The Morgan fingerprint density at radius 1 is 1.06 bits per heavy atom. The summed E-state index contributed by atoms with van der Waals surface area (Å²) in [5.41, 5.74) is 1.30. The predicted molar refractivity (Wildman–Crippen MR) is 137 cm³/mol. The van der Waals surface area contributed by atoms with E-state index in [0.717, 1.165) is 32.0 Å². The van der Waals surface area contributed by atoms with Crippen LogP contribution < -0.4 is 10.6 Å². The van der Waals surface area contributed by atoms with E-state index in [9.17, 15) is 9.59 Å². The molecule has 0 radical (unpaired) electrons. The van der Waals surface area contributed by atoms with Gasteiger partial charge in [0.2, 0.25) is 11.8 Å². The number of hydrogen-bond acceptors (Lipinski definition) is 4. The lowest BCUT2D eigenvalue weighted by molar-refractivity contribution is -0.140. The zero-order valence-electron chi connectivity index (χ0n) is 18.9. The van der Waals surface area contributed by atoms with Crippen LogP contribution in [0.2, 0.25) is 0 Å². The number of amides is 2. The second-order valence-electron chi connectivity index (χ2n) is 8.83. The van der Waals surface area contributed by atoms with E-state index in [0.29, 0.717) is 19.5 Å². The van der Waals surface area contributed by atoms with Crippen molar-refractivity contribution >= 4 is 41.8 Å². The van der Waals surface area contributed by atoms with Crippen molar-refractivity contribution in [2.24, 2.45) is 28.7 Å². The standard InChI is InChI=1S/C24H33N5O2.HI/c1-25-24(27-12-14-28(2)16-17-7-4-3-5-8-17)26-11-6-13-29-22(30)20-18-9-10-19(15-18)21(20)23(29)31;/h3-5,7-10,18-21H,6,11-16H2,1-2H3,(H2,25,26,27);1H. The number of halogens is 1. The molecule has 2 amide bonds. The predicted octanol–water partition coefficient (Wildman–Crippen LogP) is 2.10. The van der Waals surface area contributed by atoms with Gasteiger partial charge in [-0.05, 0) is 37.3 Å². The van der Waals surface area contributed by atoms with E-state index in [1.165, 1.54) is 10.5 Å². The zero-order valence-corrected chi connectivity index (χ0v) is 21.2. The molecule has 0 spiro atoms. The number of nitrogens with zero attached hydrogens (tertiary/aromatic N) is 3. The van der Waals surface area contributed by atoms with Crippen LogP contribution in [0.1, 0.15) is 18.4 Å². The highest BCUT2D eigenvalue weighted by Gasteiger charge is 2.58. The van der Waals surface area contributed by atoms with Gasteiger partial charge in [-0.3, -0.25) is 19.5 Å². The first kappa shape index (κ1) is 24.7. The van der Waals surface area contributed by atoms with Crippen LogP contribution in [0.5, 0.6) is 0 Å². The average Bonchev–Trinajstić information content (AvgIpc) is 3.45. The Hall–Kier alpha value is -1.94. The van der Waals surface area contributed by atoms with Crippen LogP contribution in [0.25, 0.3) is 0 Å². The molecule has 1 aromatic carbocycles. The van der Waals surface area contributed by atoms with Crippen LogP contribution in [0.4, 0.5) is 0 Å². The summed E-state index contributed by atoms with van der Waals surface area (Å²) in [6.07, 6.45) is 5.96. The van der Waals surface area contributed by atoms with Crippen molar-refractivity contribution in [2.75, 3.05) is 40.3 Å². The molecule has 2 fully saturated rings. The maximum absolute atomic E-state index is 12.7. The molecular formula is C24H34IN5O2. The Bertz CT molecular complexity index is 829. The molecule has 1 saturated carbocycles. The molecule has 8 heteroatoms. The summed E-state index contributed by atoms with van der Waals surface area (Å²) in [5, 5.41) is 6.61. The summed E-state index contributed by atoms with van der Waals surface area (Å²) in [6.45, 7) is 3.73. The molecule has 4 atom stereocenters. The number of carbonyl (C=O) groups excluding carboxylic acids is 2. The van der Waals surface area contributed by atoms with Crippen LogP contribution in [0, 0.1) is 23.7 Å². The number of fused-ring (bicyclic) bond motifs is 5. The second kappa shape index (κ2) is 11.3. The SMILES string of the molecule is CN=C(NCCCN1C(=O)C2C3C=CC(C3)C2C1=O)NCCN(C)Cc1ccccc1.I. The number of benzene rings is 1. The van der Waals surface area contributed by atoms with Gasteiger partial charge >= 0.3 is 0 Å². The normalized spacial score (nSPS) is 26.0. The van der Waals surface area contributed by atoms with E-state index in [2.05, 4.69) is 64.0 Å². The average molecular weight is 551 g/mol.